The van der Waals surface area contributed by atoms with Gasteiger partial charge < -0.3 is 10.1 Å². The number of alkyl halides is 2. The van der Waals surface area contributed by atoms with Gasteiger partial charge in [-0.2, -0.15) is 8.78 Å². The number of ether oxygens (including phenoxy) is 1. The maximum Gasteiger partial charge on any atom is 0.387 e. The van der Waals surface area contributed by atoms with E-state index in [2.05, 4.69) is 10.1 Å². The number of benzene rings is 2. The second-order valence-corrected chi connectivity index (χ2v) is 4.31. The van der Waals surface area contributed by atoms with Crippen molar-refractivity contribution < 1.29 is 22.3 Å². The van der Waals surface area contributed by atoms with Gasteiger partial charge >= 0.3 is 6.61 Å². The van der Waals surface area contributed by atoms with Crippen molar-refractivity contribution in [1.29, 1.82) is 0 Å². The van der Waals surface area contributed by atoms with E-state index in [1.165, 1.54) is 36.4 Å². The molecule has 0 saturated heterocycles. The third-order valence-corrected chi connectivity index (χ3v) is 3.02. The summed E-state index contributed by atoms with van der Waals surface area (Å²) < 4.78 is 55.5. The summed E-state index contributed by atoms with van der Waals surface area (Å²) in [6.07, 6.45) is 0. The van der Waals surface area contributed by atoms with Crippen molar-refractivity contribution in [2.45, 2.75) is 12.7 Å². The average Bonchev–Trinajstić information content (AvgIpc) is 2.45. The summed E-state index contributed by atoms with van der Waals surface area (Å²) >= 11 is 0. The largest absolute Gasteiger partial charge is 0.435 e. The van der Waals surface area contributed by atoms with E-state index in [1.807, 2.05) is 0 Å². The lowest BCUT2D eigenvalue weighted by atomic mass is 9.98. The zero-order chi connectivity index (χ0) is 15.4. The SMILES string of the molecule is CNC(c1ccc(OC(F)F)cc1)c1cccc(F)c1F. The molecule has 0 radical (unpaired) electrons. The van der Waals surface area contributed by atoms with Crippen LogP contribution in [0.15, 0.2) is 42.5 Å². The van der Waals surface area contributed by atoms with Gasteiger partial charge in [-0.15, -0.1) is 0 Å². The fraction of sp³-hybridized carbons (Fsp3) is 0.200. The topological polar surface area (TPSA) is 21.3 Å². The van der Waals surface area contributed by atoms with Crippen LogP contribution in [0, 0.1) is 11.6 Å². The maximum absolute atomic E-state index is 13.8. The molecule has 0 spiro atoms. The lowest BCUT2D eigenvalue weighted by molar-refractivity contribution is -0.0498. The molecule has 0 aromatic heterocycles. The molecule has 0 fully saturated rings. The summed E-state index contributed by atoms with van der Waals surface area (Å²) in [4.78, 5) is 0. The van der Waals surface area contributed by atoms with Gasteiger partial charge in [-0.25, -0.2) is 8.78 Å². The molecule has 0 aliphatic carbocycles. The summed E-state index contributed by atoms with van der Waals surface area (Å²) in [7, 11) is 1.60. The van der Waals surface area contributed by atoms with Crippen LogP contribution in [0.1, 0.15) is 17.2 Å². The molecule has 1 unspecified atom stereocenters. The van der Waals surface area contributed by atoms with Gasteiger partial charge in [0.05, 0.1) is 6.04 Å². The number of hydrogen-bond donors (Lipinski definition) is 1. The second-order valence-electron chi connectivity index (χ2n) is 4.31. The molecule has 0 amide bonds. The smallest absolute Gasteiger partial charge is 0.387 e. The Hall–Kier alpha value is -2.08. The first-order chi connectivity index (χ1) is 10.0. The van der Waals surface area contributed by atoms with E-state index in [4.69, 9.17) is 0 Å². The van der Waals surface area contributed by atoms with Gasteiger partial charge in [0.1, 0.15) is 5.75 Å². The van der Waals surface area contributed by atoms with Gasteiger partial charge in [0.25, 0.3) is 0 Å². The highest BCUT2D eigenvalue weighted by Gasteiger charge is 2.18. The highest BCUT2D eigenvalue weighted by Crippen LogP contribution is 2.27. The fourth-order valence-corrected chi connectivity index (χ4v) is 2.09. The maximum atomic E-state index is 13.8. The monoisotopic (exact) mass is 299 g/mol. The minimum Gasteiger partial charge on any atom is -0.435 e. The van der Waals surface area contributed by atoms with Crippen molar-refractivity contribution in [3.8, 4) is 5.75 Å². The number of rotatable bonds is 5. The van der Waals surface area contributed by atoms with Gasteiger partial charge in [-0.1, -0.05) is 24.3 Å². The van der Waals surface area contributed by atoms with Crippen molar-refractivity contribution in [2.24, 2.45) is 0 Å². The summed E-state index contributed by atoms with van der Waals surface area (Å²) in [6, 6.07) is 9.04. The Bertz CT molecular complexity index is 601. The van der Waals surface area contributed by atoms with Crippen LogP contribution < -0.4 is 10.1 Å². The first kappa shape index (κ1) is 15.3. The molecule has 0 aliphatic rings. The first-order valence-corrected chi connectivity index (χ1v) is 6.19. The zero-order valence-corrected chi connectivity index (χ0v) is 11.1. The third-order valence-electron chi connectivity index (χ3n) is 3.02. The Kier molecular flexibility index (Phi) is 4.80. The van der Waals surface area contributed by atoms with Crippen molar-refractivity contribution in [2.75, 3.05) is 7.05 Å². The summed E-state index contributed by atoms with van der Waals surface area (Å²) in [5.41, 5.74) is 0.739. The van der Waals surface area contributed by atoms with E-state index in [1.54, 1.807) is 7.05 Å². The zero-order valence-electron chi connectivity index (χ0n) is 11.1. The Balaban J connectivity index is 2.31. The quantitative estimate of drug-likeness (QED) is 0.846. The van der Waals surface area contributed by atoms with Crippen LogP contribution in [0.4, 0.5) is 17.6 Å². The van der Waals surface area contributed by atoms with Crippen molar-refractivity contribution in [3.63, 3.8) is 0 Å². The van der Waals surface area contributed by atoms with E-state index in [-0.39, 0.29) is 11.3 Å². The highest BCUT2D eigenvalue weighted by atomic mass is 19.3. The Morgan fingerprint density at radius 1 is 1.00 bits per heavy atom. The van der Waals surface area contributed by atoms with Crippen molar-refractivity contribution in [1.82, 2.24) is 5.32 Å². The predicted molar refractivity (Wildman–Crippen MR) is 70.3 cm³/mol. The molecular weight excluding hydrogens is 286 g/mol. The van der Waals surface area contributed by atoms with Crippen molar-refractivity contribution in [3.05, 3.63) is 65.2 Å². The van der Waals surface area contributed by atoms with E-state index < -0.39 is 24.3 Å². The molecule has 112 valence electrons. The highest BCUT2D eigenvalue weighted by molar-refractivity contribution is 5.36. The molecule has 21 heavy (non-hydrogen) atoms. The lowest BCUT2D eigenvalue weighted by Gasteiger charge is -2.18. The number of nitrogens with one attached hydrogen (secondary N) is 1. The molecule has 6 heteroatoms. The molecule has 2 aromatic rings. The predicted octanol–water partition coefficient (Wildman–Crippen LogP) is 3.88. The number of hydrogen-bond acceptors (Lipinski definition) is 2. The van der Waals surface area contributed by atoms with Gasteiger partial charge in [0.15, 0.2) is 11.6 Å². The van der Waals surface area contributed by atoms with E-state index >= 15 is 0 Å². The van der Waals surface area contributed by atoms with Crippen LogP contribution in [0.5, 0.6) is 5.75 Å². The normalized spacial score (nSPS) is 12.5. The van der Waals surface area contributed by atoms with Crippen molar-refractivity contribution >= 4 is 0 Å². The summed E-state index contributed by atoms with van der Waals surface area (Å²) in [5, 5.41) is 2.87. The molecule has 2 aromatic carbocycles. The standard InChI is InChI=1S/C15H13F4NO/c1-20-14(11-3-2-4-12(16)13(11)17)9-5-7-10(8-6-9)21-15(18)19/h2-8,14-15,20H,1H3. The lowest BCUT2D eigenvalue weighted by Crippen LogP contribution is -2.19. The second kappa shape index (κ2) is 6.58. The number of halogens is 4. The Labute approximate surface area is 119 Å². The Morgan fingerprint density at radius 2 is 1.67 bits per heavy atom. The minimum absolute atomic E-state index is 0.00307. The van der Waals surface area contributed by atoms with Gasteiger partial charge in [-0.3, -0.25) is 0 Å². The molecule has 0 heterocycles. The summed E-state index contributed by atoms with van der Waals surface area (Å²) in [5.74, 6) is -1.88. The van der Waals surface area contributed by atoms with Gasteiger partial charge in [0, 0.05) is 5.56 Å². The molecule has 0 saturated carbocycles. The van der Waals surface area contributed by atoms with Gasteiger partial charge in [0.2, 0.25) is 0 Å². The van der Waals surface area contributed by atoms with Crippen LogP contribution in [0.3, 0.4) is 0 Å². The first-order valence-electron chi connectivity index (χ1n) is 6.19. The molecule has 0 bridgehead atoms. The van der Waals surface area contributed by atoms with Crippen LogP contribution in [0.25, 0.3) is 0 Å². The fourth-order valence-electron chi connectivity index (χ4n) is 2.09. The minimum atomic E-state index is -2.91. The molecular formula is C15H13F4NO. The van der Waals surface area contributed by atoms with E-state index in [0.717, 1.165) is 6.07 Å². The van der Waals surface area contributed by atoms with Crippen LogP contribution >= 0.6 is 0 Å². The van der Waals surface area contributed by atoms with Crippen LogP contribution in [-0.4, -0.2) is 13.7 Å². The van der Waals surface area contributed by atoms with E-state index in [9.17, 15) is 17.6 Å². The molecule has 2 rings (SSSR count). The molecule has 0 aliphatic heterocycles. The van der Waals surface area contributed by atoms with E-state index in [0.29, 0.717) is 5.56 Å². The summed E-state index contributed by atoms with van der Waals surface area (Å²) in [6.45, 7) is -2.91. The Morgan fingerprint density at radius 3 is 2.24 bits per heavy atom. The molecule has 1 atom stereocenters. The van der Waals surface area contributed by atoms with Gasteiger partial charge in [-0.05, 0) is 30.8 Å². The van der Waals surface area contributed by atoms with Crippen LogP contribution in [0.2, 0.25) is 0 Å². The molecule has 2 nitrogen and oxygen atoms in total. The van der Waals surface area contributed by atoms with Crippen LogP contribution in [-0.2, 0) is 0 Å². The molecule has 1 N–H and O–H groups in total. The third kappa shape index (κ3) is 3.52. The average molecular weight is 299 g/mol.